The summed E-state index contributed by atoms with van der Waals surface area (Å²) in [5.74, 6) is 0.421. The van der Waals surface area contributed by atoms with Crippen molar-refractivity contribution in [3.63, 3.8) is 0 Å². The van der Waals surface area contributed by atoms with Gasteiger partial charge in [-0.3, -0.25) is 0 Å². The summed E-state index contributed by atoms with van der Waals surface area (Å²) in [6, 6.07) is 17.8. The summed E-state index contributed by atoms with van der Waals surface area (Å²) in [5, 5.41) is 20.5. The van der Waals surface area contributed by atoms with E-state index in [2.05, 4.69) is 0 Å². The van der Waals surface area contributed by atoms with E-state index in [1.807, 2.05) is 88.4 Å². The van der Waals surface area contributed by atoms with Crippen molar-refractivity contribution in [1.29, 1.82) is 0 Å². The number of hydrogen-bond acceptors (Lipinski definition) is 4. The highest BCUT2D eigenvalue weighted by atomic mass is 32.2. The largest absolute Gasteiger partial charge is 0.395 e. The molecule has 6 nitrogen and oxygen atoms in total. The lowest BCUT2D eigenvalue weighted by Gasteiger charge is -2.38. The van der Waals surface area contributed by atoms with Gasteiger partial charge in [0.05, 0.1) is 13.2 Å². The Hall–Kier alpha value is -1.77. The third-order valence-corrected chi connectivity index (χ3v) is 7.72. The number of aliphatic hydroxyl groups is 2. The smallest absolute Gasteiger partial charge is 0.283 e. The first-order valence-electron chi connectivity index (χ1n) is 11.8. The van der Waals surface area contributed by atoms with Gasteiger partial charge in [-0.05, 0) is 35.8 Å². The van der Waals surface area contributed by atoms with Gasteiger partial charge < -0.3 is 10.2 Å². The Morgan fingerprint density at radius 3 is 1.27 bits per heavy atom. The van der Waals surface area contributed by atoms with Crippen molar-refractivity contribution in [1.82, 2.24) is 8.61 Å². The van der Waals surface area contributed by atoms with Crippen molar-refractivity contribution in [2.75, 3.05) is 13.2 Å². The first-order valence-corrected chi connectivity index (χ1v) is 13.2. The van der Waals surface area contributed by atoms with Crippen LogP contribution in [-0.4, -0.2) is 52.5 Å². The van der Waals surface area contributed by atoms with Crippen molar-refractivity contribution in [2.45, 2.75) is 65.7 Å². The van der Waals surface area contributed by atoms with Gasteiger partial charge in [-0.2, -0.15) is 17.0 Å². The molecule has 0 unspecified atom stereocenters. The SMILES string of the molecule is CC(C)C[C@H](CO)N(Cc1ccccc1)S(=O)(=O)N(Cc1ccccc1)[C@@H](CO)CC(C)C. The van der Waals surface area contributed by atoms with Gasteiger partial charge in [0.1, 0.15) is 0 Å². The van der Waals surface area contributed by atoms with E-state index in [1.165, 1.54) is 8.61 Å². The molecule has 2 atom stereocenters. The molecular weight excluding hydrogens is 436 g/mol. The summed E-state index contributed by atoms with van der Waals surface area (Å²) in [7, 11) is -4.03. The van der Waals surface area contributed by atoms with Gasteiger partial charge in [-0.15, -0.1) is 0 Å². The minimum Gasteiger partial charge on any atom is -0.395 e. The topological polar surface area (TPSA) is 81.1 Å². The van der Waals surface area contributed by atoms with Crippen LogP contribution in [0.4, 0.5) is 0 Å². The predicted molar refractivity (Wildman–Crippen MR) is 134 cm³/mol. The second-order valence-corrected chi connectivity index (χ2v) is 11.3. The highest BCUT2D eigenvalue weighted by Crippen LogP contribution is 2.26. The van der Waals surface area contributed by atoms with E-state index in [9.17, 15) is 18.6 Å². The van der Waals surface area contributed by atoms with Gasteiger partial charge in [0, 0.05) is 25.2 Å². The van der Waals surface area contributed by atoms with Crippen molar-refractivity contribution in [3.05, 3.63) is 71.8 Å². The lowest BCUT2D eigenvalue weighted by atomic mass is 10.0. The molecule has 0 fully saturated rings. The van der Waals surface area contributed by atoms with E-state index in [4.69, 9.17) is 0 Å². The van der Waals surface area contributed by atoms with E-state index < -0.39 is 22.3 Å². The Balaban J connectivity index is 2.54. The summed E-state index contributed by atoms with van der Waals surface area (Å²) < 4.78 is 31.3. The molecule has 7 heteroatoms. The minimum absolute atomic E-state index is 0.159. The van der Waals surface area contributed by atoms with Crippen LogP contribution in [0.3, 0.4) is 0 Å². The molecular formula is C26H40N2O4S. The molecule has 0 saturated carbocycles. The molecule has 0 bridgehead atoms. The van der Waals surface area contributed by atoms with Gasteiger partial charge in [0.25, 0.3) is 10.2 Å². The highest BCUT2D eigenvalue weighted by Gasteiger charge is 2.39. The van der Waals surface area contributed by atoms with E-state index >= 15 is 0 Å². The summed E-state index contributed by atoms with van der Waals surface area (Å²) >= 11 is 0. The summed E-state index contributed by atoms with van der Waals surface area (Å²) in [4.78, 5) is 0. The predicted octanol–water partition coefficient (Wildman–Crippen LogP) is 4.05. The monoisotopic (exact) mass is 476 g/mol. The first-order chi connectivity index (χ1) is 15.7. The molecule has 2 aromatic rings. The van der Waals surface area contributed by atoms with Gasteiger partial charge >= 0.3 is 0 Å². The molecule has 0 radical (unpaired) electrons. The maximum absolute atomic E-state index is 14.2. The second kappa shape index (κ2) is 13.2. The molecule has 33 heavy (non-hydrogen) atoms. The molecule has 0 heterocycles. The number of aliphatic hydroxyl groups excluding tert-OH is 2. The van der Waals surface area contributed by atoms with Gasteiger partial charge in [0.15, 0.2) is 0 Å². The number of nitrogens with zero attached hydrogens (tertiary/aromatic N) is 2. The van der Waals surface area contributed by atoms with Crippen LogP contribution in [0.25, 0.3) is 0 Å². The standard InChI is InChI=1S/C26H40N2O4S/c1-21(2)15-25(19-29)27(17-23-11-7-5-8-12-23)33(31,32)28(26(20-30)16-22(3)4)18-24-13-9-6-10-14-24/h5-14,21-22,25-26,29-30H,15-20H2,1-4H3/t25-,26-/m1/s1. The van der Waals surface area contributed by atoms with Gasteiger partial charge in [-0.1, -0.05) is 88.4 Å². The van der Waals surface area contributed by atoms with Crippen LogP contribution in [0.1, 0.15) is 51.7 Å². The molecule has 0 amide bonds. The van der Waals surface area contributed by atoms with Crippen LogP contribution < -0.4 is 0 Å². The average molecular weight is 477 g/mol. The maximum atomic E-state index is 14.2. The average Bonchev–Trinajstić information content (AvgIpc) is 2.79. The van der Waals surface area contributed by atoms with E-state index in [-0.39, 0.29) is 38.1 Å². The van der Waals surface area contributed by atoms with Crippen LogP contribution in [-0.2, 0) is 23.3 Å². The molecule has 0 aliphatic carbocycles. The lowest BCUT2D eigenvalue weighted by Crippen LogP contribution is -2.53. The molecule has 0 aromatic heterocycles. The maximum Gasteiger partial charge on any atom is 0.283 e. The van der Waals surface area contributed by atoms with Gasteiger partial charge in [-0.25, -0.2) is 0 Å². The normalized spacial score (nSPS) is 14.4. The fourth-order valence-electron chi connectivity index (χ4n) is 4.11. The minimum atomic E-state index is -4.03. The first kappa shape index (κ1) is 27.5. The van der Waals surface area contributed by atoms with E-state index in [0.29, 0.717) is 12.8 Å². The van der Waals surface area contributed by atoms with Crippen LogP contribution in [0.2, 0.25) is 0 Å². The third-order valence-electron chi connectivity index (χ3n) is 5.68. The zero-order chi connectivity index (χ0) is 24.4. The Morgan fingerprint density at radius 2 is 1.00 bits per heavy atom. The molecule has 0 spiro atoms. The van der Waals surface area contributed by atoms with Crippen LogP contribution in [0.15, 0.2) is 60.7 Å². The Bertz CT molecular complexity index is 835. The number of benzene rings is 2. The second-order valence-electron chi connectivity index (χ2n) is 9.50. The van der Waals surface area contributed by atoms with Crippen LogP contribution in [0.5, 0.6) is 0 Å². The Labute approximate surface area is 200 Å². The van der Waals surface area contributed by atoms with Crippen molar-refractivity contribution >= 4 is 10.2 Å². The zero-order valence-electron chi connectivity index (χ0n) is 20.3. The molecule has 2 N–H and O–H groups in total. The Morgan fingerprint density at radius 1 is 0.667 bits per heavy atom. The zero-order valence-corrected chi connectivity index (χ0v) is 21.2. The summed E-state index contributed by atoms with van der Waals surface area (Å²) in [5.41, 5.74) is 1.71. The van der Waals surface area contributed by atoms with Crippen molar-refractivity contribution in [3.8, 4) is 0 Å². The molecule has 2 rings (SSSR count). The number of hydrogen-bond donors (Lipinski definition) is 2. The van der Waals surface area contributed by atoms with Crippen molar-refractivity contribution < 1.29 is 18.6 Å². The molecule has 184 valence electrons. The van der Waals surface area contributed by atoms with Crippen molar-refractivity contribution in [2.24, 2.45) is 11.8 Å². The fraction of sp³-hybridized carbons (Fsp3) is 0.538. The fourth-order valence-corrected chi connectivity index (χ4v) is 6.07. The Kier molecular flexibility index (Phi) is 11.0. The lowest BCUT2D eigenvalue weighted by molar-refractivity contribution is 0.131. The third kappa shape index (κ3) is 8.19. The van der Waals surface area contributed by atoms with E-state index in [1.54, 1.807) is 0 Å². The summed E-state index contributed by atoms with van der Waals surface area (Å²) in [6.45, 7) is 7.87. The molecule has 0 saturated heterocycles. The highest BCUT2D eigenvalue weighted by molar-refractivity contribution is 7.86. The number of rotatable bonds is 14. The van der Waals surface area contributed by atoms with Crippen LogP contribution >= 0.6 is 0 Å². The molecule has 2 aromatic carbocycles. The van der Waals surface area contributed by atoms with Crippen LogP contribution in [0, 0.1) is 11.8 Å². The van der Waals surface area contributed by atoms with Gasteiger partial charge in [0.2, 0.25) is 0 Å². The quantitative estimate of drug-likeness (QED) is 0.431. The van der Waals surface area contributed by atoms with E-state index in [0.717, 1.165) is 11.1 Å². The molecule has 0 aliphatic heterocycles. The molecule has 0 aliphatic rings. The summed E-state index contributed by atoms with van der Waals surface area (Å²) in [6.07, 6.45) is 1.07.